The topological polar surface area (TPSA) is 48.5 Å². The largest absolute Gasteiger partial charge is 0.309 e. The zero-order valence-electron chi connectivity index (χ0n) is 26.0. The molecule has 0 unspecified atom stereocenters. The highest BCUT2D eigenvalue weighted by Gasteiger charge is 2.16. The molecule has 5 nitrogen and oxygen atoms in total. The Hall–Kier alpha value is -6.59. The average Bonchev–Trinajstić information content (AvgIpc) is 3.79. The van der Waals surface area contributed by atoms with E-state index in [-0.39, 0.29) is 0 Å². The molecule has 226 valence electrons. The van der Waals surface area contributed by atoms with E-state index in [1.165, 1.54) is 21.9 Å². The monoisotopic (exact) mass is 615 g/mol. The van der Waals surface area contributed by atoms with E-state index in [9.17, 15) is 0 Å². The molecule has 0 aliphatic heterocycles. The van der Waals surface area contributed by atoms with Crippen molar-refractivity contribution >= 4 is 21.8 Å². The molecular formula is C43H29N5. The van der Waals surface area contributed by atoms with Crippen LogP contribution in [0.2, 0.25) is 0 Å². The molecular weight excluding hydrogens is 587 g/mol. The summed E-state index contributed by atoms with van der Waals surface area (Å²) >= 11 is 0. The Morgan fingerprint density at radius 3 is 1.50 bits per heavy atom. The smallest absolute Gasteiger partial charge is 0.144 e. The Morgan fingerprint density at radius 2 is 0.917 bits per heavy atom. The maximum atomic E-state index is 4.76. The fraction of sp³-hybridized carbons (Fsp3) is 0. The summed E-state index contributed by atoms with van der Waals surface area (Å²) in [4.78, 5) is 13.5. The third-order valence-corrected chi connectivity index (χ3v) is 9.03. The van der Waals surface area contributed by atoms with Crippen molar-refractivity contribution in [1.82, 2.24) is 24.1 Å². The minimum Gasteiger partial charge on any atom is -0.309 e. The Morgan fingerprint density at radius 1 is 0.396 bits per heavy atom. The zero-order valence-corrected chi connectivity index (χ0v) is 26.0. The molecule has 4 heterocycles. The highest BCUT2D eigenvalue weighted by atomic mass is 15.1. The van der Waals surface area contributed by atoms with Gasteiger partial charge >= 0.3 is 0 Å². The molecule has 48 heavy (non-hydrogen) atoms. The van der Waals surface area contributed by atoms with E-state index >= 15 is 0 Å². The van der Waals surface area contributed by atoms with Gasteiger partial charge in [-0.3, -0.25) is 14.5 Å². The van der Waals surface area contributed by atoms with Crippen molar-refractivity contribution in [3.05, 3.63) is 177 Å². The number of rotatable bonds is 6. The van der Waals surface area contributed by atoms with Gasteiger partial charge in [0, 0.05) is 76.0 Å². The van der Waals surface area contributed by atoms with E-state index in [1.54, 1.807) is 0 Å². The molecule has 4 aromatic heterocycles. The van der Waals surface area contributed by atoms with Gasteiger partial charge in [0.2, 0.25) is 0 Å². The van der Waals surface area contributed by atoms with E-state index in [0.717, 1.165) is 56.0 Å². The fourth-order valence-corrected chi connectivity index (χ4v) is 6.66. The highest BCUT2D eigenvalue weighted by molar-refractivity contribution is 6.11. The van der Waals surface area contributed by atoms with Crippen LogP contribution in [-0.4, -0.2) is 24.1 Å². The quantitative estimate of drug-likeness (QED) is 0.187. The van der Waals surface area contributed by atoms with Gasteiger partial charge in [-0.1, -0.05) is 66.7 Å². The predicted octanol–water partition coefficient (Wildman–Crippen LogP) is 10.4. The maximum Gasteiger partial charge on any atom is 0.144 e. The van der Waals surface area contributed by atoms with Gasteiger partial charge in [0.15, 0.2) is 0 Å². The number of benzene rings is 5. The number of imidazole rings is 1. The number of hydrogen-bond acceptors (Lipinski definition) is 3. The summed E-state index contributed by atoms with van der Waals surface area (Å²) < 4.78 is 4.49. The van der Waals surface area contributed by atoms with Crippen molar-refractivity contribution in [2.45, 2.75) is 0 Å². The molecule has 9 rings (SSSR count). The molecule has 5 aromatic carbocycles. The summed E-state index contributed by atoms with van der Waals surface area (Å²) in [6, 6.07) is 49.4. The van der Waals surface area contributed by atoms with E-state index in [2.05, 4.69) is 140 Å². The first-order valence-electron chi connectivity index (χ1n) is 16.0. The van der Waals surface area contributed by atoms with Gasteiger partial charge in [0.25, 0.3) is 0 Å². The standard InChI is InChI=1S/C43H29N5/c1-2-6-30(7-3-1)31-10-16-37(17-11-31)47-25-24-46-43(47)32-12-18-38(19-13-32)48-41-20-14-33(35-8-4-22-44-28-35)26-39(41)40-27-34(15-21-42(40)48)36-9-5-23-45-29-36/h1-29H. The lowest BCUT2D eigenvalue weighted by Crippen LogP contribution is -1.98. The SMILES string of the molecule is c1ccc(-c2ccc(-n3ccnc3-c3ccc(-n4c5ccc(-c6cccnc6)cc5c5cc(-c6cccnc6)ccc54)cc3)cc2)cc1. The van der Waals surface area contributed by atoms with Crippen LogP contribution in [0.5, 0.6) is 0 Å². The number of nitrogens with zero attached hydrogens (tertiary/aromatic N) is 5. The van der Waals surface area contributed by atoms with Gasteiger partial charge in [-0.15, -0.1) is 0 Å². The average molecular weight is 616 g/mol. The lowest BCUT2D eigenvalue weighted by atomic mass is 10.0. The third kappa shape index (κ3) is 4.86. The van der Waals surface area contributed by atoms with Crippen LogP contribution in [0.3, 0.4) is 0 Å². The lowest BCUT2D eigenvalue weighted by Gasteiger charge is -2.12. The maximum absolute atomic E-state index is 4.76. The van der Waals surface area contributed by atoms with E-state index in [0.29, 0.717) is 0 Å². The summed E-state index contributed by atoms with van der Waals surface area (Å²) in [5, 5.41) is 2.38. The molecule has 0 aliphatic carbocycles. The molecule has 0 saturated carbocycles. The number of pyridine rings is 2. The Kier molecular flexibility index (Phi) is 6.72. The summed E-state index contributed by atoms with van der Waals surface area (Å²) in [5.74, 6) is 0.901. The van der Waals surface area contributed by atoms with Crippen molar-refractivity contribution in [2.75, 3.05) is 0 Å². The summed E-state index contributed by atoms with van der Waals surface area (Å²) in [6.07, 6.45) is 11.3. The van der Waals surface area contributed by atoms with Crippen LogP contribution in [0.25, 0.3) is 77.9 Å². The molecule has 0 atom stereocenters. The Labute approximate surface area is 278 Å². The molecule has 0 saturated heterocycles. The molecule has 9 aromatic rings. The second kappa shape index (κ2) is 11.6. The molecule has 0 radical (unpaired) electrons. The molecule has 0 N–H and O–H groups in total. The molecule has 0 fully saturated rings. The van der Waals surface area contributed by atoms with Crippen LogP contribution in [0, 0.1) is 0 Å². The van der Waals surface area contributed by atoms with Crippen LogP contribution in [-0.2, 0) is 0 Å². The summed E-state index contributed by atoms with van der Waals surface area (Å²) in [5.41, 5.74) is 12.4. The molecule has 0 bridgehead atoms. The van der Waals surface area contributed by atoms with Gasteiger partial charge in [0.05, 0.1) is 11.0 Å². The fourth-order valence-electron chi connectivity index (χ4n) is 6.66. The van der Waals surface area contributed by atoms with Crippen LogP contribution in [0.15, 0.2) is 177 Å². The van der Waals surface area contributed by atoms with Gasteiger partial charge in [0.1, 0.15) is 5.82 Å². The van der Waals surface area contributed by atoms with Gasteiger partial charge in [-0.25, -0.2) is 4.98 Å². The van der Waals surface area contributed by atoms with Crippen molar-refractivity contribution in [1.29, 1.82) is 0 Å². The zero-order chi connectivity index (χ0) is 31.9. The summed E-state index contributed by atoms with van der Waals surface area (Å²) in [6.45, 7) is 0. The van der Waals surface area contributed by atoms with Gasteiger partial charge < -0.3 is 4.57 Å². The molecule has 5 heteroatoms. The van der Waals surface area contributed by atoms with E-state index in [1.807, 2.05) is 55.4 Å². The number of hydrogen-bond donors (Lipinski definition) is 0. The first-order valence-corrected chi connectivity index (χ1v) is 16.0. The first-order chi connectivity index (χ1) is 23.8. The third-order valence-electron chi connectivity index (χ3n) is 9.03. The summed E-state index contributed by atoms with van der Waals surface area (Å²) in [7, 11) is 0. The number of fused-ring (bicyclic) bond motifs is 3. The van der Waals surface area contributed by atoms with E-state index in [4.69, 9.17) is 4.98 Å². The van der Waals surface area contributed by atoms with Crippen LogP contribution in [0.1, 0.15) is 0 Å². The van der Waals surface area contributed by atoms with E-state index < -0.39 is 0 Å². The second-order valence-electron chi connectivity index (χ2n) is 11.9. The Balaban J connectivity index is 1.13. The predicted molar refractivity (Wildman–Crippen MR) is 195 cm³/mol. The molecule has 0 spiro atoms. The molecule has 0 aliphatic rings. The second-order valence-corrected chi connectivity index (χ2v) is 11.9. The van der Waals surface area contributed by atoms with Crippen LogP contribution in [0.4, 0.5) is 0 Å². The van der Waals surface area contributed by atoms with Gasteiger partial charge in [-0.2, -0.15) is 0 Å². The van der Waals surface area contributed by atoms with Crippen LogP contribution >= 0.6 is 0 Å². The minimum atomic E-state index is 0.901. The van der Waals surface area contributed by atoms with Crippen molar-refractivity contribution < 1.29 is 0 Å². The molecule has 0 amide bonds. The van der Waals surface area contributed by atoms with Gasteiger partial charge in [-0.05, 0) is 95.1 Å². The van der Waals surface area contributed by atoms with Crippen LogP contribution < -0.4 is 0 Å². The minimum absolute atomic E-state index is 0.901. The number of aromatic nitrogens is 5. The first kappa shape index (κ1) is 27.7. The Bertz CT molecular complexity index is 2420. The lowest BCUT2D eigenvalue weighted by molar-refractivity contribution is 1.07. The normalized spacial score (nSPS) is 11.3. The van der Waals surface area contributed by atoms with Crippen molar-refractivity contribution in [2.24, 2.45) is 0 Å². The highest BCUT2D eigenvalue weighted by Crippen LogP contribution is 2.37. The van der Waals surface area contributed by atoms with Crippen molar-refractivity contribution in [3.63, 3.8) is 0 Å². The van der Waals surface area contributed by atoms with Crippen molar-refractivity contribution in [3.8, 4) is 56.1 Å².